The second kappa shape index (κ2) is 7.78. The Hall–Kier alpha value is -1.90. The third-order valence-corrected chi connectivity index (χ3v) is 4.11. The second-order valence-corrected chi connectivity index (χ2v) is 6.19. The van der Waals surface area contributed by atoms with Crippen molar-refractivity contribution in [2.45, 2.75) is 19.5 Å². The Morgan fingerprint density at radius 1 is 1.42 bits per heavy atom. The molecule has 5 nitrogen and oxygen atoms in total. The van der Waals surface area contributed by atoms with E-state index in [1.165, 1.54) is 11.0 Å². The Morgan fingerprint density at radius 3 is 2.75 bits per heavy atom. The van der Waals surface area contributed by atoms with Crippen molar-refractivity contribution in [3.63, 3.8) is 0 Å². The summed E-state index contributed by atoms with van der Waals surface area (Å²) in [5.74, 6) is 0.201. The molecule has 2 amide bonds. The molecule has 1 aliphatic rings. The number of amides is 2. The molecule has 132 valence electrons. The van der Waals surface area contributed by atoms with Gasteiger partial charge in [0.25, 0.3) is 5.24 Å². The van der Waals surface area contributed by atoms with Crippen LogP contribution in [0.2, 0.25) is 0 Å². The number of halogens is 3. The summed E-state index contributed by atoms with van der Waals surface area (Å²) in [5, 5.41) is 2.20. The number of ether oxygens (including phenoxy) is 1. The van der Waals surface area contributed by atoms with E-state index in [9.17, 15) is 22.8 Å². The van der Waals surface area contributed by atoms with E-state index in [0.29, 0.717) is 25.3 Å². The molecule has 9 heteroatoms. The average Bonchev–Trinajstić information content (AvgIpc) is 2.90. The van der Waals surface area contributed by atoms with Crippen LogP contribution in [0.3, 0.4) is 0 Å². The molecule has 0 radical (unpaired) electrons. The summed E-state index contributed by atoms with van der Waals surface area (Å²) in [4.78, 5) is 24.9. The number of carbonyl (C=O) groups is 2. The van der Waals surface area contributed by atoms with Crippen LogP contribution in [0.15, 0.2) is 18.2 Å². The van der Waals surface area contributed by atoms with Gasteiger partial charge in [-0.2, -0.15) is 13.2 Å². The summed E-state index contributed by atoms with van der Waals surface area (Å²) in [6, 6.07) is 2.93. The summed E-state index contributed by atoms with van der Waals surface area (Å²) >= 11 is 1.11. The monoisotopic (exact) mass is 362 g/mol. The first-order valence-electron chi connectivity index (χ1n) is 7.37. The van der Waals surface area contributed by atoms with Crippen LogP contribution in [0.25, 0.3) is 0 Å². The highest BCUT2D eigenvalue weighted by molar-refractivity contribution is 8.13. The minimum atomic E-state index is -4.52. The zero-order chi connectivity index (χ0) is 17.7. The first-order chi connectivity index (χ1) is 11.3. The van der Waals surface area contributed by atoms with Gasteiger partial charge in [-0.05, 0) is 24.6 Å². The zero-order valence-electron chi connectivity index (χ0n) is 13.0. The summed E-state index contributed by atoms with van der Waals surface area (Å²) in [5.41, 5.74) is -0.933. The third-order valence-electron chi connectivity index (χ3n) is 3.22. The van der Waals surface area contributed by atoms with E-state index in [1.54, 1.807) is 0 Å². The highest BCUT2D eigenvalue weighted by atomic mass is 32.2. The Bertz CT molecular complexity index is 622. The first kappa shape index (κ1) is 18.4. The van der Waals surface area contributed by atoms with Crippen molar-refractivity contribution in [3.05, 3.63) is 23.8 Å². The van der Waals surface area contributed by atoms with Crippen molar-refractivity contribution in [1.29, 1.82) is 0 Å². The Morgan fingerprint density at radius 2 is 2.17 bits per heavy atom. The number of hydrogen-bond donors (Lipinski definition) is 1. The highest BCUT2D eigenvalue weighted by Gasteiger charge is 2.31. The fourth-order valence-corrected chi connectivity index (χ4v) is 2.90. The lowest BCUT2D eigenvalue weighted by atomic mass is 10.1. The summed E-state index contributed by atoms with van der Waals surface area (Å²) in [6.07, 6.45) is -3.85. The average molecular weight is 362 g/mol. The molecule has 0 bridgehead atoms. The quantitative estimate of drug-likeness (QED) is 0.840. The van der Waals surface area contributed by atoms with Gasteiger partial charge in [-0.15, -0.1) is 0 Å². The van der Waals surface area contributed by atoms with Gasteiger partial charge in [0.05, 0.1) is 17.9 Å². The van der Waals surface area contributed by atoms with E-state index in [-0.39, 0.29) is 23.2 Å². The molecule has 0 atom stereocenters. The predicted molar refractivity (Wildman–Crippen MR) is 85.3 cm³/mol. The Balaban J connectivity index is 2.15. The van der Waals surface area contributed by atoms with Gasteiger partial charge in [-0.1, -0.05) is 18.7 Å². The number of anilines is 1. The number of nitrogens with zero attached hydrogens (tertiary/aromatic N) is 1. The van der Waals surface area contributed by atoms with Gasteiger partial charge in [0, 0.05) is 12.3 Å². The molecule has 1 saturated heterocycles. The van der Waals surface area contributed by atoms with Gasteiger partial charge in [-0.3, -0.25) is 9.59 Å². The van der Waals surface area contributed by atoms with Gasteiger partial charge >= 0.3 is 6.18 Å². The molecule has 1 aliphatic heterocycles. The third kappa shape index (κ3) is 4.80. The maximum absolute atomic E-state index is 12.9. The van der Waals surface area contributed by atoms with Crippen LogP contribution in [0.4, 0.5) is 23.7 Å². The summed E-state index contributed by atoms with van der Waals surface area (Å²) in [6.45, 7) is 2.42. The largest absolute Gasteiger partial charge is 0.491 e. The van der Waals surface area contributed by atoms with Crippen LogP contribution in [0.5, 0.6) is 5.75 Å². The molecule has 24 heavy (non-hydrogen) atoms. The van der Waals surface area contributed by atoms with E-state index in [2.05, 4.69) is 5.32 Å². The van der Waals surface area contributed by atoms with E-state index in [1.807, 2.05) is 6.92 Å². The van der Waals surface area contributed by atoms with E-state index < -0.39 is 17.6 Å². The van der Waals surface area contributed by atoms with Gasteiger partial charge in [0.15, 0.2) is 0 Å². The van der Waals surface area contributed by atoms with Crippen molar-refractivity contribution in [1.82, 2.24) is 4.90 Å². The Kier molecular flexibility index (Phi) is 5.98. The van der Waals surface area contributed by atoms with Crippen LogP contribution >= 0.6 is 11.8 Å². The normalized spacial score (nSPS) is 14.8. The lowest BCUT2D eigenvalue weighted by Gasteiger charge is -2.17. The molecule has 1 aromatic carbocycles. The van der Waals surface area contributed by atoms with Crippen molar-refractivity contribution in [2.75, 3.05) is 30.8 Å². The number of hydrogen-bond acceptors (Lipinski definition) is 4. The fourth-order valence-electron chi connectivity index (χ4n) is 2.07. The molecule has 0 spiro atoms. The molecule has 0 saturated carbocycles. The van der Waals surface area contributed by atoms with Crippen LogP contribution in [0.1, 0.15) is 18.9 Å². The van der Waals surface area contributed by atoms with E-state index in [4.69, 9.17) is 4.74 Å². The van der Waals surface area contributed by atoms with Crippen molar-refractivity contribution in [2.24, 2.45) is 0 Å². The van der Waals surface area contributed by atoms with E-state index >= 15 is 0 Å². The second-order valence-electron chi connectivity index (χ2n) is 5.14. The molecule has 1 fully saturated rings. The Labute approximate surface area is 141 Å². The van der Waals surface area contributed by atoms with E-state index in [0.717, 1.165) is 23.9 Å². The lowest BCUT2D eigenvalue weighted by molar-refractivity contribution is -0.137. The van der Waals surface area contributed by atoms with Gasteiger partial charge < -0.3 is 15.0 Å². The number of thioether (sulfide) groups is 1. The number of alkyl halides is 3. The molecule has 1 heterocycles. The topological polar surface area (TPSA) is 58.6 Å². The maximum atomic E-state index is 12.9. The zero-order valence-corrected chi connectivity index (χ0v) is 13.8. The van der Waals surface area contributed by atoms with Gasteiger partial charge in [-0.25, -0.2) is 0 Å². The molecule has 1 aromatic rings. The van der Waals surface area contributed by atoms with Crippen molar-refractivity contribution in [3.8, 4) is 5.75 Å². The number of rotatable bonds is 6. The smallest absolute Gasteiger partial charge is 0.416 e. The standard InChI is InChI=1S/C15H17F3N2O3S/c1-2-6-23-12-4-3-10(15(16,17)18)8-11(12)19-13(21)9-20-5-7-24-14(20)22/h3-4,8H,2,5-7,9H2,1H3,(H,19,21). The molecule has 1 N–H and O–H groups in total. The van der Waals surface area contributed by atoms with Crippen molar-refractivity contribution < 1.29 is 27.5 Å². The molecule has 2 rings (SSSR count). The SMILES string of the molecule is CCCOc1ccc(C(F)(F)F)cc1NC(=O)CN1CCSC1=O. The molecule has 0 unspecified atom stereocenters. The van der Waals surface area contributed by atoms with Crippen LogP contribution in [-0.2, 0) is 11.0 Å². The number of nitrogens with one attached hydrogen (secondary N) is 1. The van der Waals surface area contributed by atoms with Crippen molar-refractivity contribution >= 4 is 28.6 Å². The van der Waals surface area contributed by atoms with Gasteiger partial charge in [0.2, 0.25) is 5.91 Å². The number of benzene rings is 1. The predicted octanol–water partition coefficient (Wildman–Crippen LogP) is 3.60. The first-order valence-corrected chi connectivity index (χ1v) is 8.35. The lowest BCUT2D eigenvalue weighted by Crippen LogP contribution is -2.33. The molecular formula is C15H17F3N2O3S. The van der Waals surface area contributed by atoms with Crippen LogP contribution < -0.4 is 10.1 Å². The minimum Gasteiger partial charge on any atom is -0.491 e. The maximum Gasteiger partial charge on any atom is 0.416 e. The van der Waals surface area contributed by atoms with Crippen LogP contribution in [-0.4, -0.2) is 41.5 Å². The summed E-state index contributed by atoms with van der Waals surface area (Å²) < 4.78 is 44.0. The highest BCUT2D eigenvalue weighted by Crippen LogP contribution is 2.35. The summed E-state index contributed by atoms with van der Waals surface area (Å²) in [7, 11) is 0. The molecule has 0 aliphatic carbocycles. The van der Waals surface area contributed by atoms with Gasteiger partial charge in [0.1, 0.15) is 12.3 Å². The minimum absolute atomic E-state index is 0.0532. The fraction of sp³-hybridized carbons (Fsp3) is 0.467. The number of carbonyl (C=O) groups excluding carboxylic acids is 2. The van der Waals surface area contributed by atoms with Crippen LogP contribution in [0, 0.1) is 0 Å². The molecule has 0 aromatic heterocycles. The molecular weight excluding hydrogens is 345 g/mol.